The zero-order valence-electron chi connectivity index (χ0n) is 13.9. The standard InChI is InChI=1S/C16H21N5O2S/c1-11-4-3-7-21(8-11)9-12-10-24-16(17-12)18-15(23)13-5-6-14(22)20(2)19-13/h5-6,10-11H,3-4,7-9H2,1-2H3,(H,17,18,23). The molecule has 2 aromatic heterocycles. The van der Waals surface area contributed by atoms with E-state index in [9.17, 15) is 9.59 Å². The summed E-state index contributed by atoms with van der Waals surface area (Å²) in [4.78, 5) is 30.4. The molecule has 2 aromatic rings. The van der Waals surface area contributed by atoms with Crippen LogP contribution < -0.4 is 10.9 Å². The van der Waals surface area contributed by atoms with Gasteiger partial charge in [0, 0.05) is 31.6 Å². The van der Waals surface area contributed by atoms with Crippen molar-refractivity contribution in [1.29, 1.82) is 0 Å². The van der Waals surface area contributed by atoms with Gasteiger partial charge in [0.1, 0.15) is 5.69 Å². The van der Waals surface area contributed by atoms with Crippen LogP contribution in [-0.2, 0) is 13.6 Å². The van der Waals surface area contributed by atoms with Gasteiger partial charge in [-0.05, 0) is 31.4 Å². The monoisotopic (exact) mass is 347 g/mol. The maximum atomic E-state index is 12.2. The molecule has 1 aliphatic heterocycles. The second-order valence-electron chi connectivity index (χ2n) is 6.26. The molecule has 0 saturated carbocycles. The van der Waals surface area contributed by atoms with Crippen molar-refractivity contribution in [3.8, 4) is 0 Å². The third kappa shape index (κ3) is 4.07. The van der Waals surface area contributed by atoms with Crippen LogP contribution in [0.25, 0.3) is 0 Å². The largest absolute Gasteiger partial charge is 0.297 e. The van der Waals surface area contributed by atoms with Crippen molar-refractivity contribution < 1.29 is 4.79 Å². The zero-order chi connectivity index (χ0) is 17.1. The van der Waals surface area contributed by atoms with Crippen molar-refractivity contribution in [2.45, 2.75) is 26.3 Å². The lowest BCUT2D eigenvalue weighted by Gasteiger charge is -2.30. The minimum atomic E-state index is -0.363. The van der Waals surface area contributed by atoms with Gasteiger partial charge >= 0.3 is 0 Å². The highest BCUT2D eigenvalue weighted by Gasteiger charge is 2.18. The Bertz CT molecular complexity index is 785. The lowest BCUT2D eigenvalue weighted by Crippen LogP contribution is -2.33. The van der Waals surface area contributed by atoms with Crippen molar-refractivity contribution in [3.05, 3.63) is 39.3 Å². The van der Waals surface area contributed by atoms with Crippen LogP contribution in [0.4, 0.5) is 5.13 Å². The van der Waals surface area contributed by atoms with Gasteiger partial charge in [-0.2, -0.15) is 5.10 Å². The highest BCUT2D eigenvalue weighted by Crippen LogP contribution is 2.21. The zero-order valence-corrected chi connectivity index (χ0v) is 14.7. The molecule has 1 amide bonds. The molecule has 3 rings (SSSR count). The van der Waals surface area contributed by atoms with E-state index in [1.54, 1.807) is 0 Å². The Morgan fingerprint density at radius 3 is 3.04 bits per heavy atom. The van der Waals surface area contributed by atoms with Gasteiger partial charge in [0.15, 0.2) is 5.13 Å². The van der Waals surface area contributed by atoms with E-state index in [0.29, 0.717) is 5.13 Å². The van der Waals surface area contributed by atoms with Gasteiger partial charge in [0.25, 0.3) is 11.5 Å². The summed E-state index contributed by atoms with van der Waals surface area (Å²) < 4.78 is 1.14. The van der Waals surface area contributed by atoms with Crippen LogP contribution in [0.2, 0.25) is 0 Å². The van der Waals surface area contributed by atoms with Crippen molar-refractivity contribution in [2.24, 2.45) is 13.0 Å². The van der Waals surface area contributed by atoms with Crippen molar-refractivity contribution in [3.63, 3.8) is 0 Å². The average Bonchev–Trinajstić information content (AvgIpc) is 2.97. The summed E-state index contributed by atoms with van der Waals surface area (Å²) >= 11 is 1.40. The Labute approximate surface area is 144 Å². The molecule has 0 aliphatic carbocycles. The molecule has 3 heterocycles. The topological polar surface area (TPSA) is 80.1 Å². The van der Waals surface area contributed by atoms with E-state index in [4.69, 9.17) is 0 Å². The number of rotatable bonds is 4. The normalized spacial score (nSPS) is 18.5. The highest BCUT2D eigenvalue weighted by atomic mass is 32.1. The van der Waals surface area contributed by atoms with Crippen LogP contribution in [0.15, 0.2) is 22.3 Å². The number of nitrogens with zero attached hydrogens (tertiary/aromatic N) is 4. The van der Waals surface area contributed by atoms with Crippen LogP contribution in [0.5, 0.6) is 0 Å². The van der Waals surface area contributed by atoms with E-state index in [0.717, 1.165) is 35.9 Å². The fraction of sp³-hybridized carbons (Fsp3) is 0.500. The molecule has 1 fully saturated rings. The summed E-state index contributed by atoms with van der Waals surface area (Å²) in [6.07, 6.45) is 2.52. The molecule has 24 heavy (non-hydrogen) atoms. The van der Waals surface area contributed by atoms with Gasteiger partial charge in [-0.1, -0.05) is 6.92 Å². The molecule has 1 unspecified atom stereocenters. The molecule has 0 aromatic carbocycles. The van der Waals surface area contributed by atoms with Crippen LogP contribution in [-0.4, -0.2) is 38.7 Å². The van der Waals surface area contributed by atoms with Gasteiger partial charge in [0.05, 0.1) is 5.69 Å². The van der Waals surface area contributed by atoms with E-state index in [-0.39, 0.29) is 17.2 Å². The molecule has 0 spiro atoms. The maximum absolute atomic E-state index is 12.2. The Hall–Kier alpha value is -2.06. The summed E-state index contributed by atoms with van der Waals surface area (Å²) in [6, 6.07) is 2.74. The summed E-state index contributed by atoms with van der Waals surface area (Å²) in [5, 5.41) is 9.21. The van der Waals surface area contributed by atoms with E-state index < -0.39 is 0 Å². The third-order valence-corrected chi connectivity index (χ3v) is 4.90. The highest BCUT2D eigenvalue weighted by molar-refractivity contribution is 7.13. The fourth-order valence-electron chi connectivity index (χ4n) is 2.88. The molecular formula is C16H21N5O2S. The van der Waals surface area contributed by atoms with Gasteiger partial charge < -0.3 is 0 Å². The van der Waals surface area contributed by atoms with Crippen LogP contribution in [0.1, 0.15) is 35.9 Å². The van der Waals surface area contributed by atoms with Crippen molar-refractivity contribution in [2.75, 3.05) is 18.4 Å². The predicted octanol–water partition coefficient (Wildman–Crippen LogP) is 1.72. The molecule has 8 heteroatoms. The summed E-state index contributed by atoms with van der Waals surface area (Å²) in [6.45, 7) is 5.29. The number of likely N-dealkylation sites (tertiary alicyclic amines) is 1. The third-order valence-electron chi connectivity index (χ3n) is 4.09. The second kappa shape index (κ2) is 7.23. The Morgan fingerprint density at radius 2 is 2.29 bits per heavy atom. The van der Waals surface area contributed by atoms with Crippen LogP contribution >= 0.6 is 11.3 Å². The number of carbonyl (C=O) groups excluding carboxylic acids is 1. The first-order valence-electron chi connectivity index (χ1n) is 8.04. The minimum absolute atomic E-state index is 0.193. The molecule has 128 valence electrons. The van der Waals surface area contributed by atoms with E-state index in [1.807, 2.05) is 5.38 Å². The second-order valence-corrected chi connectivity index (χ2v) is 7.12. The van der Waals surface area contributed by atoms with Gasteiger partial charge in [-0.15, -0.1) is 11.3 Å². The van der Waals surface area contributed by atoms with Crippen molar-refractivity contribution >= 4 is 22.4 Å². The molecule has 0 bridgehead atoms. The quantitative estimate of drug-likeness (QED) is 0.911. The van der Waals surface area contributed by atoms with Crippen LogP contribution in [0.3, 0.4) is 0 Å². The number of aromatic nitrogens is 3. The molecular weight excluding hydrogens is 326 g/mol. The lowest BCUT2D eigenvalue weighted by molar-refractivity contribution is 0.102. The van der Waals surface area contributed by atoms with E-state index >= 15 is 0 Å². The number of amides is 1. The SMILES string of the molecule is CC1CCCN(Cc2csc(NC(=O)c3ccc(=O)n(C)n3)n2)C1. The Kier molecular flexibility index (Phi) is 5.06. The van der Waals surface area contributed by atoms with Gasteiger partial charge in [-0.3, -0.25) is 19.8 Å². The number of nitrogens with one attached hydrogen (secondary N) is 1. The molecule has 1 atom stereocenters. The first kappa shape index (κ1) is 16.8. The van der Waals surface area contributed by atoms with Gasteiger partial charge in [-0.25, -0.2) is 9.67 Å². The lowest BCUT2D eigenvalue weighted by atomic mass is 10.0. The molecule has 1 N–H and O–H groups in total. The number of piperidine rings is 1. The van der Waals surface area contributed by atoms with E-state index in [2.05, 4.69) is 27.2 Å². The summed E-state index contributed by atoms with van der Waals surface area (Å²) in [5.74, 6) is 0.366. The fourth-order valence-corrected chi connectivity index (χ4v) is 3.58. The number of carbonyl (C=O) groups is 1. The average molecular weight is 347 g/mol. The Balaban J connectivity index is 1.62. The first-order chi connectivity index (χ1) is 11.5. The number of hydrogen-bond acceptors (Lipinski definition) is 6. The predicted molar refractivity (Wildman–Crippen MR) is 93.2 cm³/mol. The van der Waals surface area contributed by atoms with Crippen molar-refractivity contribution in [1.82, 2.24) is 19.7 Å². The van der Waals surface area contributed by atoms with E-state index in [1.165, 1.54) is 43.4 Å². The molecule has 0 radical (unpaired) electrons. The number of hydrogen-bond donors (Lipinski definition) is 1. The maximum Gasteiger partial charge on any atom is 0.277 e. The smallest absolute Gasteiger partial charge is 0.277 e. The van der Waals surface area contributed by atoms with Crippen LogP contribution in [0, 0.1) is 5.92 Å². The Morgan fingerprint density at radius 1 is 1.46 bits per heavy atom. The molecule has 1 saturated heterocycles. The number of thiazole rings is 1. The summed E-state index contributed by atoms with van der Waals surface area (Å²) in [7, 11) is 1.51. The minimum Gasteiger partial charge on any atom is -0.297 e. The molecule has 1 aliphatic rings. The first-order valence-corrected chi connectivity index (χ1v) is 8.91. The number of anilines is 1. The number of aryl methyl sites for hydroxylation is 1. The summed E-state index contributed by atoms with van der Waals surface area (Å²) in [5.41, 5.74) is 0.912. The van der Waals surface area contributed by atoms with Gasteiger partial charge in [0.2, 0.25) is 0 Å². The molecule has 7 nitrogen and oxygen atoms in total.